The molecule has 0 amide bonds. The van der Waals surface area contributed by atoms with Crippen LogP contribution in [0.25, 0.3) is 11.3 Å². The van der Waals surface area contributed by atoms with Gasteiger partial charge in [0, 0.05) is 30.8 Å². The molecular weight excluding hydrogens is 250 g/mol. The standard InChI is InChI=1S/C15H23N5/c1-5-7-13-18-14(15(16)19(13)8-6-2)12-9-17-20(10-12)11(3)4/h6,9-11H,2,5,7-8,16H2,1,3-4H3. The fourth-order valence-corrected chi connectivity index (χ4v) is 2.22. The van der Waals surface area contributed by atoms with Gasteiger partial charge in [0.1, 0.15) is 17.3 Å². The van der Waals surface area contributed by atoms with Gasteiger partial charge in [0.15, 0.2) is 0 Å². The Hall–Kier alpha value is -2.04. The second-order valence-electron chi connectivity index (χ2n) is 5.21. The number of nitrogen functional groups attached to an aromatic ring is 1. The summed E-state index contributed by atoms with van der Waals surface area (Å²) >= 11 is 0. The fourth-order valence-electron chi connectivity index (χ4n) is 2.22. The number of allylic oxidation sites excluding steroid dienone is 1. The maximum atomic E-state index is 6.25. The van der Waals surface area contributed by atoms with Crippen LogP contribution in [0.5, 0.6) is 0 Å². The first-order valence-corrected chi connectivity index (χ1v) is 7.08. The molecule has 0 aliphatic heterocycles. The molecule has 5 heteroatoms. The highest BCUT2D eigenvalue weighted by atomic mass is 15.3. The molecule has 5 nitrogen and oxygen atoms in total. The smallest absolute Gasteiger partial charge is 0.132 e. The lowest BCUT2D eigenvalue weighted by Gasteiger charge is -2.05. The quantitative estimate of drug-likeness (QED) is 0.823. The topological polar surface area (TPSA) is 61.7 Å². The van der Waals surface area contributed by atoms with Crippen LogP contribution in [0, 0.1) is 0 Å². The normalized spacial score (nSPS) is 11.2. The number of anilines is 1. The average Bonchev–Trinajstić information content (AvgIpc) is 2.99. The Labute approximate surface area is 120 Å². The largest absolute Gasteiger partial charge is 0.383 e. The third kappa shape index (κ3) is 2.61. The van der Waals surface area contributed by atoms with Gasteiger partial charge in [-0.25, -0.2) is 4.98 Å². The summed E-state index contributed by atoms with van der Waals surface area (Å²) in [6.07, 6.45) is 7.62. The number of hydrogen-bond donors (Lipinski definition) is 1. The molecule has 2 heterocycles. The van der Waals surface area contributed by atoms with Crippen LogP contribution in [0.1, 0.15) is 39.1 Å². The Morgan fingerprint density at radius 2 is 2.20 bits per heavy atom. The molecule has 108 valence electrons. The van der Waals surface area contributed by atoms with Crippen LogP contribution in [0.3, 0.4) is 0 Å². The number of aryl methyl sites for hydroxylation is 1. The molecule has 0 aliphatic rings. The Balaban J connectivity index is 2.44. The zero-order chi connectivity index (χ0) is 14.7. The van der Waals surface area contributed by atoms with Crippen molar-refractivity contribution in [3.63, 3.8) is 0 Å². The first-order chi connectivity index (χ1) is 9.58. The summed E-state index contributed by atoms with van der Waals surface area (Å²) in [4.78, 5) is 4.70. The van der Waals surface area contributed by atoms with E-state index in [9.17, 15) is 0 Å². The molecule has 0 fully saturated rings. The number of hydrogen-bond acceptors (Lipinski definition) is 3. The molecule has 0 saturated heterocycles. The first-order valence-electron chi connectivity index (χ1n) is 7.08. The summed E-state index contributed by atoms with van der Waals surface area (Å²) in [6.45, 7) is 10.8. The lowest BCUT2D eigenvalue weighted by molar-refractivity contribution is 0.532. The molecule has 0 bridgehead atoms. The van der Waals surface area contributed by atoms with Crippen molar-refractivity contribution in [3.05, 3.63) is 30.9 Å². The third-order valence-corrected chi connectivity index (χ3v) is 3.28. The van der Waals surface area contributed by atoms with Crippen molar-refractivity contribution in [1.82, 2.24) is 19.3 Å². The summed E-state index contributed by atoms with van der Waals surface area (Å²) in [5.41, 5.74) is 8.04. The zero-order valence-corrected chi connectivity index (χ0v) is 12.5. The van der Waals surface area contributed by atoms with Crippen molar-refractivity contribution in [1.29, 1.82) is 0 Å². The van der Waals surface area contributed by atoms with E-state index in [1.807, 2.05) is 27.7 Å². The monoisotopic (exact) mass is 273 g/mol. The van der Waals surface area contributed by atoms with E-state index in [1.165, 1.54) is 0 Å². The summed E-state index contributed by atoms with van der Waals surface area (Å²) in [5, 5.41) is 4.36. The van der Waals surface area contributed by atoms with Gasteiger partial charge in [0.25, 0.3) is 0 Å². The van der Waals surface area contributed by atoms with Crippen molar-refractivity contribution in [2.75, 3.05) is 5.73 Å². The van der Waals surface area contributed by atoms with E-state index >= 15 is 0 Å². The summed E-state index contributed by atoms with van der Waals surface area (Å²) in [7, 11) is 0. The van der Waals surface area contributed by atoms with Gasteiger partial charge >= 0.3 is 0 Å². The summed E-state index contributed by atoms with van der Waals surface area (Å²) in [5.74, 6) is 1.70. The molecule has 2 rings (SSSR count). The zero-order valence-electron chi connectivity index (χ0n) is 12.5. The minimum absolute atomic E-state index is 0.329. The minimum Gasteiger partial charge on any atom is -0.383 e. The predicted molar refractivity (Wildman–Crippen MR) is 82.4 cm³/mol. The highest BCUT2D eigenvalue weighted by Gasteiger charge is 2.16. The number of rotatable bonds is 6. The first kappa shape index (κ1) is 14.4. The van der Waals surface area contributed by atoms with Gasteiger partial charge < -0.3 is 10.3 Å². The molecule has 0 spiro atoms. The van der Waals surface area contributed by atoms with Crippen LogP contribution in [-0.4, -0.2) is 19.3 Å². The molecule has 2 aromatic heterocycles. The predicted octanol–water partition coefficient (Wildman–Crippen LogP) is 3.05. The second kappa shape index (κ2) is 5.94. The second-order valence-corrected chi connectivity index (χ2v) is 5.21. The molecule has 0 radical (unpaired) electrons. The van der Waals surface area contributed by atoms with E-state index in [0.29, 0.717) is 18.4 Å². The van der Waals surface area contributed by atoms with E-state index < -0.39 is 0 Å². The molecule has 0 aromatic carbocycles. The Kier molecular flexibility index (Phi) is 4.27. The van der Waals surface area contributed by atoms with Gasteiger partial charge in [-0.2, -0.15) is 5.10 Å². The van der Waals surface area contributed by atoms with Crippen LogP contribution >= 0.6 is 0 Å². The van der Waals surface area contributed by atoms with Crippen LogP contribution < -0.4 is 5.73 Å². The highest BCUT2D eigenvalue weighted by Crippen LogP contribution is 2.27. The van der Waals surface area contributed by atoms with Gasteiger partial charge in [-0.1, -0.05) is 13.0 Å². The maximum absolute atomic E-state index is 6.25. The van der Waals surface area contributed by atoms with Crippen molar-refractivity contribution in [2.24, 2.45) is 0 Å². The van der Waals surface area contributed by atoms with E-state index in [1.54, 1.807) is 0 Å². The number of aromatic nitrogens is 4. The van der Waals surface area contributed by atoms with Gasteiger partial charge in [-0.3, -0.25) is 4.68 Å². The molecule has 2 aromatic rings. The van der Waals surface area contributed by atoms with Crippen molar-refractivity contribution < 1.29 is 0 Å². The third-order valence-electron chi connectivity index (χ3n) is 3.28. The number of nitrogens with two attached hydrogens (primary N) is 1. The lowest BCUT2D eigenvalue weighted by atomic mass is 10.2. The van der Waals surface area contributed by atoms with Crippen LogP contribution in [0.15, 0.2) is 25.0 Å². The van der Waals surface area contributed by atoms with Crippen LogP contribution in [0.4, 0.5) is 5.82 Å². The van der Waals surface area contributed by atoms with E-state index in [4.69, 9.17) is 10.7 Å². The fraction of sp³-hybridized carbons (Fsp3) is 0.467. The summed E-state index contributed by atoms with van der Waals surface area (Å²) in [6, 6.07) is 0.329. The molecule has 0 unspecified atom stereocenters. The van der Waals surface area contributed by atoms with E-state index in [-0.39, 0.29) is 0 Å². The lowest BCUT2D eigenvalue weighted by Crippen LogP contribution is -2.05. The van der Waals surface area contributed by atoms with Crippen molar-refractivity contribution in [2.45, 2.75) is 46.2 Å². The number of imidazole rings is 1. The molecule has 0 aliphatic carbocycles. The molecule has 20 heavy (non-hydrogen) atoms. The Morgan fingerprint density at radius 3 is 2.75 bits per heavy atom. The SMILES string of the molecule is C=CCn1c(CCC)nc(-c2cnn(C(C)C)c2)c1N. The van der Waals surface area contributed by atoms with Gasteiger partial charge in [-0.15, -0.1) is 6.58 Å². The molecule has 0 atom stereocenters. The van der Waals surface area contributed by atoms with Crippen LogP contribution in [0.2, 0.25) is 0 Å². The van der Waals surface area contributed by atoms with Crippen LogP contribution in [-0.2, 0) is 13.0 Å². The number of nitrogens with zero attached hydrogens (tertiary/aromatic N) is 4. The van der Waals surface area contributed by atoms with Gasteiger partial charge in [-0.05, 0) is 20.3 Å². The average molecular weight is 273 g/mol. The Bertz CT molecular complexity index is 591. The van der Waals surface area contributed by atoms with Crippen molar-refractivity contribution in [3.8, 4) is 11.3 Å². The Morgan fingerprint density at radius 1 is 1.45 bits per heavy atom. The molecular formula is C15H23N5. The highest BCUT2D eigenvalue weighted by molar-refractivity contribution is 5.70. The van der Waals surface area contributed by atoms with E-state index in [0.717, 1.165) is 29.9 Å². The maximum Gasteiger partial charge on any atom is 0.132 e. The van der Waals surface area contributed by atoms with Crippen molar-refractivity contribution >= 4 is 5.82 Å². The van der Waals surface area contributed by atoms with Gasteiger partial charge in [0.2, 0.25) is 0 Å². The minimum atomic E-state index is 0.329. The summed E-state index contributed by atoms with van der Waals surface area (Å²) < 4.78 is 3.94. The van der Waals surface area contributed by atoms with Gasteiger partial charge in [0.05, 0.1) is 6.20 Å². The molecule has 2 N–H and O–H groups in total. The van der Waals surface area contributed by atoms with E-state index in [2.05, 4.69) is 32.4 Å². The molecule has 0 saturated carbocycles.